The second-order valence-electron chi connectivity index (χ2n) is 5.03. The molecule has 0 aliphatic carbocycles. The lowest BCUT2D eigenvalue weighted by Gasteiger charge is -2.04. The Morgan fingerprint density at radius 3 is 2.81 bits per heavy atom. The molecule has 0 saturated heterocycles. The van der Waals surface area contributed by atoms with Crippen LogP contribution in [0.2, 0.25) is 5.02 Å². The molecule has 134 valence electrons. The summed E-state index contributed by atoms with van der Waals surface area (Å²) in [5.41, 5.74) is 0.407. The highest BCUT2D eigenvalue weighted by molar-refractivity contribution is 7.99. The topological polar surface area (TPSA) is 77.2 Å². The minimum atomic E-state index is -0.546. The van der Waals surface area contributed by atoms with Crippen molar-refractivity contribution in [1.29, 1.82) is 0 Å². The zero-order valence-electron chi connectivity index (χ0n) is 13.3. The molecule has 26 heavy (non-hydrogen) atoms. The first-order chi connectivity index (χ1) is 12.6. The van der Waals surface area contributed by atoms with Gasteiger partial charge in [-0.15, -0.1) is 10.2 Å². The third-order valence-corrected chi connectivity index (χ3v) is 4.19. The van der Waals surface area contributed by atoms with E-state index in [-0.39, 0.29) is 28.5 Å². The van der Waals surface area contributed by atoms with Gasteiger partial charge in [0.05, 0.1) is 10.8 Å². The molecule has 3 aromatic rings. The Balaban J connectivity index is 1.46. The summed E-state index contributed by atoms with van der Waals surface area (Å²) in [6.45, 7) is 0.137. The summed E-state index contributed by atoms with van der Waals surface area (Å²) < 4.78 is 24.0. The SMILES string of the molecule is O=C(CSc1nnc(COc2ccccc2)o1)Nc1ccc(F)c(Cl)c1. The third-order valence-electron chi connectivity index (χ3n) is 3.08. The number of aromatic nitrogens is 2. The number of halogens is 2. The van der Waals surface area contributed by atoms with Gasteiger partial charge in [0.1, 0.15) is 11.6 Å². The average molecular weight is 394 g/mol. The number of rotatable bonds is 7. The smallest absolute Gasteiger partial charge is 0.277 e. The fourth-order valence-corrected chi connectivity index (χ4v) is 2.68. The van der Waals surface area contributed by atoms with Crippen molar-refractivity contribution in [2.24, 2.45) is 0 Å². The first kappa shape index (κ1) is 18.2. The van der Waals surface area contributed by atoms with E-state index >= 15 is 0 Å². The van der Waals surface area contributed by atoms with E-state index in [2.05, 4.69) is 15.5 Å². The van der Waals surface area contributed by atoms with Crippen molar-refractivity contribution in [2.45, 2.75) is 11.8 Å². The fourth-order valence-electron chi connectivity index (χ4n) is 1.91. The average Bonchev–Trinajstić information content (AvgIpc) is 3.10. The number of anilines is 1. The molecule has 0 spiro atoms. The predicted octanol–water partition coefficient (Wildman–Crippen LogP) is 4.17. The molecule has 2 aromatic carbocycles. The summed E-state index contributed by atoms with van der Waals surface area (Å²) in [4.78, 5) is 11.9. The van der Waals surface area contributed by atoms with E-state index in [1.54, 1.807) is 0 Å². The molecule has 3 rings (SSSR count). The normalized spacial score (nSPS) is 10.5. The highest BCUT2D eigenvalue weighted by Gasteiger charge is 2.11. The van der Waals surface area contributed by atoms with E-state index in [1.807, 2.05) is 30.3 Å². The van der Waals surface area contributed by atoms with E-state index in [4.69, 9.17) is 20.8 Å². The van der Waals surface area contributed by atoms with Gasteiger partial charge in [-0.1, -0.05) is 41.6 Å². The van der Waals surface area contributed by atoms with Gasteiger partial charge in [-0.2, -0.15) is 0 Å². The Hall–Kier alpha value is -2.58. The number of carbonyl (C=O) groups excluding carboxylic acids is 1. The molecule has 0 fully saturated rings. The maximum Gasteiger partial charge on any atom is 0.277 e. The number of hydrogen-bond acceptors (Lipinski definition) is 6. The summed E-state index contributed by atoms with van der Waals surface area (Å²) >= 11 is 6.75. The molecule has 0 radical (unpaired) electrons. The fraction of sp³-hybridized carbons (Fsp3) is 0.118. The number of nitrogens with one attached hydrogen (secondary N) is 1. The Labute approximate surface area is 157 Å². The minimum Gasteiger partial charge on any atom is -0.484 e. The second-order valence-corrected chi connectivity index (χ2v) is 6.36. The second kappa shape index (κ2) is 8.68. The number of amides is 1. The zero-order chi connectivity index (χ0) is 18.4. The summed E-state index contributed by atoms with van der Waals surface area (Å²) in [6.07, 6.45) is 0. The van der Waals surface area contributed by atoms with Crippen LogP contribution >= 0.6 is 23.4 Å². The molecule has 0 saturated carbocycles. The number of thioether (sulfide) groups is 1. The molecule has 0 unspecified atom stereocenters. The van der Waals surface area contributed by atoms with Crippen molar-refractivity contribution in [3.05, 3.63) is 65.3 Å². The number of hydrogen-bond donors (Lipinski definition) is 1. The highest BCUT2D eigenvalue weighted by Crippen LogP contribution is 2.21. The van der Waals surface area contributed by atoms with Crippen LogP contribution in [0.15, 0.2) is 58.2 Å². The van der Waals surface area contributed by atoms with Crippen molar-refractivity contribution in [3.8, 4) is 5.75 Å². The van der Waals surface area contributed by atoms with Crippen LogP contribution in [0.3, 0.4) is 0 Å². The van der Waals surface area contributed by atoms with Crippen LogP contribution in [-0.4, -0.2) is 21.9 Å². The van der Waals surface area contributed by atoms with Crippen LogP contribution in [0.1, 0.15) is 5.89 Å². The molecule has 6 nitrogen and oxygen atoms in total. The van der Waals surface area contributed by atoms with Crippen molar-refractivity contribution in [2.75, 3.05) is 11.1 Å². The van der Waals surface area contributed by atoms with Crippen LogP contribution in [-0.2, 0) is 11.4 Å². The maximum atomic E-state index is 13.1. The first-order valence-corrected chi connectivity index (χ1v) is 8.84. The summed E-state index contributed by atoms with van der Waals surface area (Å²) in [6, 6.07) is 13.2. The van der Waals surface area contributed by atoms with Crippen LogP contribution in [0.25, 0.3) is 0 Å². The standard InChI is InChI=1S/C17H13ClFN3O3S/c18-13-8-11(6-7-14(13)19)20-15(23)10-26-17-22-21-16(25-17)9-24-12-4-2-1-3-5-12/h1-8H,9-10H2,(H,20,23). The van der Waals surface area contributed by atoms with Crippen molar-refractivity contribution >= 4 is 35.0 Å². The Morgan fingerprint density at radius 2 is 2.04 bits per heavy atom. The molecule has 1 aromatic heterocycles. The quantitative estimate of drug-likeness (QED) is 0.607. The van der Waals surface area contributed by atoms with Crippen molar-refractivity contribution in [3.63, 3.8) is 0 Å². The van der Waals surface area contributed by atoms with Crippen molar-refractivity contribution < 1.29 is 18.3 Å². The summed E-state index contributed by atoms with van der Waals surface area (Å²) in [5, 5.41) is 10.5. The lowest BCUT2D eigenvalue weighted by atomic mass is 10.3. The highest BCUT2D eigenvalue weighted by atomic mass is 35.5. The van der Waals surface area contributed by atoms with Gasteiger partial charge >= 0.3 is 0 Å². The molecular formula is C17H13ClFN3O3S. The maximum absolute atomic E-state index is 13.1. The minimum absolute atomic E-state index is 0.0518. The summed E-state index contributed by atoms with van der Waals surface area (Å²) in [5.74, 6) is 0.198. The molecule has 1 amide bonds. The monoisotopic (exact) mass is 393 g/mol. The first-order valence-electron chi connectivity index (χ1n) is 7.48. The number of carbonyl (C=O) groups is 1. The van der Waals surface area contributed by atoms with Crippen LogP contribution in [0.4, 0.5) is 10.1 Å². The molecule has 0 bridgehead atoms. The predicted molar refractivity (Wildman–Crippen MR) is 95.8 cm³/mol. The molecule has 0 atom stereocenters. The van der Waals surface area contributed by atoms with E-state index in [0.717, 1.165) is 11.8 Å². The molecule has 0 aliphatic heterocycles. The Kier molecular flexibility index (Phi) is 6.08. The van der Waals surface area contributed by atoms with E-state index in [9.17, 15) is 9.18 Å². The lowest BCUT2D eigenvalue weighted by Crippen LogP contribution is -2.14. The van der Waals surface area contributed by atoms with Gasteiger partial charge < -0.3 is 14.5 Å². The van der Waals surface area contributed by atoms with Gasteiger partial charge in [-0.25, -0.2) is 4.39 Å². The van der Waals surface area contributed by atoms with E-state index in [0.29, 0.717) is 17.3 Å². The molecule has 1 N–H and O–H groups in total. The Bertz CT molecular complexity index is 892. The van der Waals surface area contributed by atoms with E-state index in [1.165, 1.54) is 18.2 Å². The lowest BCUT2D eigenvalue weighted by molar-refractivity contribution is -0.113. The van der Waals surface area contributed by atoms with Crippen LogP contribution < -0.4 is 10.1 Å². The third kappa shape index (κ3) is 5.21. The van der Waals surface area contributed by atoms with Crippen LogP contribution in [0.5, 0.6) is 5.75 Å². The van der Waals surface area contributed by atoms with Gasteiger partial charge in [0, 0.05) is 5.69 Å². The molecule has 1 heterocycles. The zero-order valence-corrected chi connectivity index (χ0v) is 14.9. The van der Waals surface area contributed by atoms with Gasteiger partial charge in [0.15, 0.2) is 6.61 Å². The number of benzene rings is 2. The Morgan fingerprint density at radius 1 is 1.23 bits per heavy atom. The van der Waals surface area contributed by atoms with Crippen molar-refractivity contribution in [1.82, 2.24) is 10.2 Å². The van der Waals surface area contributed by atoms with Gasteiger partial charge in [-0.3, -0.25) is 4.79 Å². The van der Waals surface area contributed by atoms with Crippen LogP contribution in [0, 0.1) is 5.82 Å². The number of para-hydroxylation sites is 1. The van der Waals surface area contributed by atoms with E-state index < -0.39 is 5.82 Å². The van der Waals surface area contributed by atoms with Gasteiger partial charge in [0.2, 0.25) is 5.91 Å². The van der Waals surface area contributed by atoms with Gasteiger partial charge in [-0.05, 0) is 30.3 Å². The number of nitrogens with zero attached hydrogens (tertiary/aromatic N) is 2. The molecule has 0 aliphatic rings. The summed E-state index contributed by atoms with van der Waals surface area (Å²) in [7, 11) is 0. The molecular weight excluding hydrogens is 381 g/mol. The molecule has 9 heteroatoms. The van der Waals surface area contributed by atoms with Gasteiger partial charge in [0.25, 0.3) is 11.1 Å². The largest absolute Gasteiger partial charge is 0.484 e. The number of ether oxygens (including phenoxy) is 1.